The second-order valence-corrected chi connectivity index (χ2v) is 11.2. The molecule has 0 unspecified atom stereocenters. The zero-order chi connectivity index (χ0) is 26.6. The Balaban J connectivity index is 1.84. The van der Waals surface area contributed by atoms with Crippen molar-refractivity contribution >= 4 is 37.4 Å². The van der Waals surface area contributed by atoms with E-state index in [4.69, 9.17) is 11.6 Å². The number of sulfonamides is 1. The smallest absolute Gasteiger partial charge is 0.351 e. The number of pyridine rings is 1. The van der Waals surface area contributed by atoms with E-state index in [0.717, 1.165) is 0 Å². The largest absolute Gasteiger partial charge is 0.417 e. The number of carbonyl (C=O) groups is 1. The second-order valence-electron chi connectivity index (χ2n) is 7.26. The lowest BCUT2D eigenvalue weighted by atomic mass is 10.2. The molecule has 1 heterocycles. The molecular weight excluding hydrogens is 543 g/mol. The minimum Gasteiger partial charge on any atom is -0.351 e. The Morgan fingerprint density at radius 3 is 2.25 bits per heavy atom. The average molecular weight is 562 g/mol. The highest BCUT2D eigenvalue weighted by Crippen LogP contribution is 2.36. The Morgan fingerprint density at radius 1 is 0.917 bits per heavy atom. The molecule has 0 spiro atoms. The summed E-state index contributed by atoms with van der Waals surface area (Å²) in [5.41, 5.74) is -1.08. The molecule has 3 aromatic rings. The summed E-state index contributed by atoms with van der Waals surface area (Å²) < 4.78 is 93.9. The van der Waals surface area contributed by atoms with Gasteiger partial charge in [0.25, 0.3) is 5.91 Å². The molecule has 36 heavy (non-hydrogen) atoms. The van der Waals surface area contributed by atoms with Crippen LogP contribution in [0.25, 0.3) is 0 Å². The Morgan fingerprint density at radius 2 is 1.61 bits per heavy atom. The third kappa shape index (κ3) is 6.22. The highest BCUT2D eigenvalue weighted by Gasteiger charge is 2.38. The van der Waals surface area contributed by atoms with Gasteiger partial charge in [-0.1, -0.05) is 18.2 Å². The third-order valence-corrected chi connectivity index (χ3v) is 8.40. The van der Waals surface area contributed by atoms with Crippen LogP contribution in [-0.2, 0) is 31.9 Å². The molecule has 8 nitrogen and oxygen atoms in total. The monoisotopic (exact) mass is 561 g/mol. The number of amides is 1. The van der Waals surface area contributed by atoms with E-state index in [1.54, 1.807) is 6.07 Å². The van der Waals surface area contributed by atoms with Gasteiger partial charge in [-0.3, -0.25) is 9.78 Å². The fourth-order valence-corrected chi connectivity index (χ4v) is 6.02. The molecule has 0 fully saturated rings. The zero-order valence-corrected chi connectivity index (χ0v) is 20.7. The fourth-order valence-electron chi connectivity index (χ4n) is 3.15. The number of nitrogens with one attached hydrogen (secondary N) is 2. The first kappa shape index (κ1) is 27.6. The van der Waals surface area contributed by atoms with Crippen molar-refractivity contribution in [1.82, 2.24) is 15.0 Å². The van der Waals surface area contributed by atoms with Crippen LogP contribution in [0.5, 0.6) is 0 Å². The van der Waals surface area contributed by atoms with Crippen molar-refractivity contribution in [3.63, 3.8) is 0 Å². The number of hydrogen-bond acceptors (Lipinski definition) is 6. The Bertz CT molecular complexity index is 1470. The van der Waals surface area contributed by atoms with Crippen molar-refractivity contribution in [2.24, 2.45) is 0 Å². The van der Waals surface area contributed by atoms with E-state index in [0.29, 0.717) is 23.9 Å². The predicted octanol–water partition coefficient (Wildman–Crippen LogP) is 3.38. The van der Waals surface area contributed by atoms with Crippen molar-refractivity contribution < 1.29 is 34.8 Å². The van der Waals surface area contributed by atoms with Gasteiger partial charge in [0.05, 0.1) is 37.4 Å². The number of alkyl halides is 4. The van der Waals surface area contributed by atoms with Gasteiger partial charge in [0.1, 0.15) is 0 Å². The average Bonchev–Trinajstić information content (AvgIpc) is 2.86. The number of halogens is 4. The summed E-state index contributed by atoms with van der Waals surface area (Å²) in [4.78, 5) is 14.1. The van der Waals surface area contributed by atoms with Gasteiger partial charge in [0, 0.05) is 19.3 Å². The molecule has 192 valence electrons. The standard InChI is InChI=1S/C22H19ClF3N3O5S2/c23-14-19-17(7-4-10-27-19)21(30)28-11-12-29-36(33,34)20-13-16(8-9-18(20)22(24,25)26)35(31,32)15-5-2-1-3-6-15/h1-10,13,29H,11-12,14H2,(H,28,30). The van der Waals surface area contributed by atoms with Crippen LogP contribution in [0.3, 0.4) is 0 Å². The molecule has 1 aromatic heterocycles. The summed E-state index contributed by atoms with van der Waals surface area (Å²) in [6.45, 7) is -0.754. The van der Waals surface area contributed by atoms with Gasteiger partial charge < -0.3 is 5.32 Å². The fraction of sp³-hybridized carbons (Fsp3) is 0.182. The molecule has 0 aliphatic heterocycles. The lowest BCUT2D eigenvalue weighted by Gasteiger charge is -2.16. The van der Waals surface area contributed by atoms with Crippen LogP contribution in [0.4, 0.5) is 13.2 Å². The molecule has 2 aromatic carbocycles. The van der Waals surface area contributed by atoms with Crippen LogP contribution in [0.1, 0.15) is 21.6 Å². The van der Waals surface area contributed by atoms with Gasteiger partial charge in [-0.15, -0.1) is 11.6 Å². The Labute approximate surface area is 210 Å². The first-order valence-electron chi connectivity index (χ1n) is 10.2. The van der Waals surface area contributed by atoms with E-state index in [2.05, 4.69) is 10.3 Å². The molecule has 0 saturated heterocycles. The van der Waals surface area contributed by atoms with E-state index in [1.165, 1.54) is 42.6 Å². The number of sulfone groups is 1. The summed E-state index contributed by atoms with van der Waals surface area (Å²) in [6.07, 6.45) is -3.64. The topological polar surface area (TPSA) is 122 Å². The number of rotatable bonds is 9. The van der Waals surface area contributed by atoms with Gasteiger partial charge in [-0.25, -0.2) is 21.6 Å². The molecular formula is C22H19ClF3N3O5S2. The highest BCUT2D eigenvalue weighted by molar-refractivity contribution is 7.91. The van der Waals surface area contributed by atoms with Gasteiger partial charge in [-0.05, 0) is 42.5 Å². The van der Waals surface area contributed by atoms with Crippen molar-refractivity contribution in [2.75, 3.05) is 13.1 Å². The summed E-state index contributed by atoms with van der Waals surface area (Å²) in [6, 6.07) is 11.4. The van der Waals surface area contributed by atoms with Crippen molar-refractivity contribution in [2.45, 2.75) is 26.7 Å². The quantitative estimate of drug-likeness (QED) is 0.305. The van der Waals surface area contributed by atoms with Gasteiger partial charge >= 0.3 is 6.18 Å². The van der Waals surface area contributed by atoms with E-state index < -0.39 is 53.8 Å². The number of carbonyl (C=O) groups excluding carboxylic acids is 1. The van der Waals surface area contributed by atoms with Gasteiger partial charge in [-0.2, -0.15) is 13.2 Å². The second kappa shape index (κ2) is 10.9. The maximum Gasteiger partial charge on any atom is 0.417 e. The van der Waals surface area contributed by atoms with Crippen LogP contribution < -0.4 is 10.0 Å². The van der Waals surface area contributed by atoms with E-state index >= 15 is 0 Å². The Hall–Kier alpha value is -3.00. The van der Waals surface area contributed by atoms with Crippen molar-refractivity contribution in [3.05, 3.63) is 83.7 Å². The zero-order valence-electron chi connectivity index (χ0n) is 18.3. The van der Waals surface area contributed by atoms with E-state index in [1.807, 2.05) is 4.72 Å². The first-order valence-corrected chi connectivity index (χ1v) is 13.7. The molecule has 3 rings (SSSR count). The lowest BCUT2D eigenvalue weighted by molar-refractivity contribution is -0.139. The molecule has 14 heteroatoms. The molecule has 0 atom stereocenters. The number of benzene rings is 2. The minimum absolute atomic E-state index is 0.0430. The summed E-state index contributed by atoms with van der Waals surface area (Å²) >= 11 is 5.73. The summed E-state index contributed by atoms with van der Waals surface area (Å²) in [7, 11) is -9.12. The van der Waals surface area contributed by atoms with E-state index in [-0.39, 0.29) is 22.9 Å². The number of aromatic nitrogens is 1. The molecule has 2 N–H and O–H groups in total. The molecule has 0 bridgehead atoms. The molecule has 0 radical (unpaired) electrons. The molecule has 1 amide bonds. The Kier molecular flexibility index (Phi) is 8.39. The van der Waals surface area contributed by atoms with Crippen LogP contribution >= 0.6 is 11.6 Å². The van der Waals surface area contributed by atoms with Gasteiger partial charge in [0.2, 0.25) is 19.9 Å². The van der Waals surface area contributed by atoms with Crippen LogP contribution in [-0.4, -0.2) is 40.8 Å². The SMILES string of the molecule is O=C(NCCNS(=O)(=O)c1cc(S(=O)(=O)c2ccccc2)ccc1C(F)(F)F)c1cccnc1CCl. The maximum absolute atomic E-state index is 13.6. The molecule has 0 aliphatic rings. The molecule has 0 aliphatic carbocycles. The molecule has 0 saturated carbocycles. The van der Waals surface area contributed by atoms with Crippen molar-refractivity contribution in [3.8, 4) is 0 Å². The highest BCUT2D eigenvalue weighted by atomic mass is 35.5. The third-order valence-electron chi connectivity index (χ3n) is 4.88. The first-order chi connectivity index (χ1) is 16.9. The maximum atomic E-state index is 13.6. The number of nitrogens with zero attached hydrogens (tertiary/aromatic N) is 1. The van der Waals surface area contributed by atoms with E-state index in [9.17, 15) is 34.8 Å². The summed E-state index contributed by atoms with van der Waals surface area (Å²) in [5, 5.41) is 2.42. The van der Waals surface area contributed by atoms with Crippen LogP contribution in [0.15, 0.2) is 81.5 Å². The normalized spacial score (nSPS) is 12.3. The lowest BCUT2D eigenvalue weighted by Crippen LogP contribution is -2.35. The predicted molar refractivity (Wildman–Crippen MR) is 125 cm³/mol. The van der Waals surface area contributed by atoms with Gasteiger partial charge in [0.15, 0.2) is 0 Å². The van der Waals surface area contributed by atoms with Crippen LogP contribution in [0, 0.1) is 0 Å². The number of hydrogen-bond donors (Lipinski definition) is 2. The summed E-state index contributed by atoms with van der Waals surface area (Å²) in [5.74, 6) is -0.650. The van der Waals surface area contributed by atoms with Crippen LogP contribution in [0.2, 0.25) is 0 Å². The van der Waals surface area contributed by atoms with Crippen molar-refractivity contribution in [1.29, 1.82) is 0 Å². The minimum atomic E-state index is -5.08.